The highest BCUT2D eigenvalue weighted by Crippen LogP contribution is 2.29. The fourth-order valence-electron chi connectivity index (χ4n) is 1.55. The number of hydrogen-bond acceptors (Lipinski definition) is 6. The predicted molar refractivity (Wildman–Crippen MR) is 76.8 cm³/mol. The normalized spacial score (nSPS) is 11.3. The molecule has 1 amide bonds. The summed E-state index contributed by atoms with van der Waals surface area (Å²) in [6.45, 7) is 3.22. The lowest BCUT2D eigenvalue weighted by molar-refractivity contribution is 0.102. The van der Waals surface area contributed by atoms with Crippen LogP contribution in [-0.2, 0) is 9.05 Å². The summed E-state index contributed by atoms with van der Waals surface area (Å²) in [7, 11) is 1.42. The number of pyridine rings is 1. The van der Waals surface area contributed by atoms with E-state index in [1.54, 1.807) is 25.3 Å². The van der Waals surface area contributed by atoms with E-state index in [-0.39, 0.29) is 15.0 Å². The van der Waals surface area contributed by atoms with Crippen LogP contribution >= 0.6 is 22.0 Å². The average molecular weight is 332 g/mol. The molecule has 106 valence electrons. The molecule has 0 aliphatic carbocycles. The molecule has 0 bridgehead atoms. The quantitative estimate of drug-likeness (QED) is 0.872. The van der Waals surface area contributed by atoms with E-state index in [0.717, 1.165) is 11.3 Å². The summed E-state index contributed by atoms with van der Waals surface area (Å²) in [5, 5.41) is 2.71. The van der Waals surface area contributed by atoms with Crippen molar-refractivity contribution in [1.29, 1.82) is 0 Å². The molecule has 2 heterocycles. The Morgan fingerprint density at radius 1 is 1.35 bits per heavy atom. The number of carbonyl (C=O) groups is 1. The third-order valence-corrected chi connectivity index (χ3v) is 5.70. The maximum Gasteiger partial charge on any atom is 0.272 e. The SMILES string of the molecule is Cc1ncccc1C(=O)Nc1nc(C)c(S(=O)(=O)Cl)s1. The highest BCUT2D eigenvalue weighted by atomic mass is 35.7. The number of nitrogens with one attached hydrogen (secondary N) is 1. The first-order valence-electron chi connectivity index (χ1n) is 5.44. The van der Waals surface area contributed by atoms with E-state index >= 15 is 0 Å². The molecule has 0 spiro atoms. The van der Waals surface area contributed by atoms with Crippen LogP contribution in [0.1, 0.15) is 21.7 Å². The Labute approximate surface area is 124 Å². The van der Waals surface area contributed by atoms with Gasteiger partial charge in [-0.1, -0.05) is 11.3 Å². The monoisotopic (exact) mass is 331 g/mol. The lowest BCUT2D eigenvalue weighted by atomic mass is 10.2. The number of rotatable bonds is 3. The van der Waals surface area contributed by atoms with Gasteiger partial charge in [0.15, 0.2) is 9.34 Å². The second kappa shape index (κ2) is 5.47. The molecule has 0 unspecified atom stereocenters. The Morgan fingerprint density at radius 3 is 2.60 bits per heavy atom. The smallest absolute Gasteiger partial charge is 0.272 e. The first-order chi connectivity index (χ1) is 9.29. The minimum atomic E-state index is -3.86. The summed E-state index contributed by atoms with van der Waals surface area (Å²) < 4.78 is 22.5. The number of amides is 1. The molecule has 0 atom stereocenters. The summed E-state index contributed by atoms with van der Waals surface area (Å²) in [5.74, 6) is -0.400. The predicted octanol–water partition coefficient (Wildman–Crippen LogP) is 2.33. The third kappa shape index (κ3) is 3.14. The van der Waals surface area contributed by atoms with Gasteiger partial charge in [0.1, 0.15) is 0 Å². The molecular formula is C11H10ClN3O3S2. The zero-order chi connectivity index (χ0) is 14.9. The molecule has 2 aromatic rings. The molecule has 6 nitrogen and oxygen atoms in total. The summed E-state index contributed by atoms with van der Waals surface area (Å²) in [6, 6.07) is 3.26. The van der Waals surface area contributed by atoms with Gasteiger partial charge in [0.25, 0.3) is 15.0 Å². The topological polar surface area (TPSA) is 89.0 Å². The van der Waals surface area contributed by atoms with Crippen molar-refractivity contribution < 1.29 is 13.2 Å². The van der Waals surface area contributed by atoms with Crippen molar-refractivity contribution in [3.8, 4) is 0 Å². The van der Waals surface area contributed by atoms with Gasteiger partial charge >= 0.3 is 0 Å². The lowest BCUT2D eigenvalue weighted by Crippen LogP contribution is -2.13. The Bertz CT molecular complexity index is 771. The number of hydrogen-bond donors (Lipinski definition) is 1. The van der Waals surface area contributed by atoms with Crippen molar-refractivity contribution in [3.63, 3.8) is 0 Å². The number of aryl methyl sites for hydroxylation is 2. The summed E-state index contributed by atoms with van der Waals surface area (Å²) in [4.78, 5) is 20.0. The number of anilines is 1. The van der Waals surface area contributed by atoms with Crippen LogP contribution in [0.5, 0.6) is 0 Å². The Kier molecular flexibility index (Phi) is 4.07. The maximum absolute atomic E-state index is 12.0. The van der Waals surface area contributed by atoms with E-state index in [9.17, 15) is 13.2 Å². The van der Waals surface area contributed by atoms with Gasteiger partial charge in [-0.3, -0.25) is 15.1 Å². The van der Waals surface area contributed by atoms with Crippen molar-refractivity contribution in [2.75, 3.05) is 5.32 Å². The highest BCUT2D eigenvalue weighted by molar-refractivity contribution is 8.15. The Balaban J connectivity index is 2.28. The third-order valence-electron chi connectivity index (χ3n) is 2.45. The van der Waals surface area contributed by atoms with Crippen LogP contribution in [0.3, 0.4) is 0 Å². The number of aromatic nitrogens is 2. The summed E-state index contributed by atoms with van der Waals surface area (Å²) in [5.41, 5.74) is 1.22. The van der Waals surface area contributed by atoms with E-state index in [4.69, 9.17) is 10.7 Å². The van der Waals surface area contributed by atoms with Gasteiger partial charge in [-0.05, 0) is 26.0 Å². The van der Waals surface area contributed by atoms with Crippen molar-refractivity contribution in [2.24, 2.45) is 0 Å². The molecular weight excluding hydrogens is 322 g/mol. The fourth-order valence-corrected chi connectivity index (χ4v) is 3.90. The summed E-state index contributed by atoms with van der Waals surface area (Å²) in [6.07, 6.45) is 1.58. The molecule has 0 saturated heterocycles. The van der Waals surface area contributed by atoms with Gasteiger partial charge in [0.05, 0.1) is 11.3 Å². The molecule has 0 aliphatic heterocycles. The van der Waals surface area contributed by atoms with Crippen LogP contribution in [0.15, 0.2) is 22.5 Å². The average Bonchev–Trinajstić information content (AvgIpc) is 2.70. The van der Waals surface area contributed by atoms with E-state index in [0.29, 0.717) is 11.3 Å². The Morgan fingerprint density at radius 2 is 2.05 bits per heavy atom. The van der Waals surface area contributed by atoms with Gasteiger partial charge in [-0.25, -0.2) is 13.4 Å². The first kappa shape index (κ1) is 14.9. The number of thiazole rings is 1. The van der Waals surface area contributed by atoms with Crippen LogP contribution in [0.25, 0.3) is 0 Å². The van der Waals surface area contributed by atoms with Crippen LogP contribution in [0.2, 0.25) is 0 Å². The molecule has 0 saturated carbocycles. The summed E-state index contributed by atoms with van der Waals surface area (Å²) >= 11 is 0.812. The largest absolute Gasteiger partial charge is 0.298 e. The fraction of sp³-hybridized carbons (Fsp3) is 0.182. The van der Waals surface area contributed by atoms with Crippen molar-refractivity contribution in [1.82, 2.24) is 9.97 Å². The number of halogens is 1. The van der Waals surface area contributed by atoms with Crippen LogP contribution in [-0.4, -0.2) is 24.3 Å². The molecule has 1 N–H and O–H groups in total. The molecule has 0 radical (unpaired) electrons. The zero-order valence-electron chi connectivity index (χ0n) is 10.5. The maximum atomic E-state index is 12.0. The van der Waals surface area contributed by atoms with Gasteiger partial charge < -0.3 is 0 Å². The minimum absolute atomic E-state index is 0.0719. The molecule has 20 heavy (non-hydrogen) atoms. The van der Waals surface area contributed by atoms with E-state index < -0.39 is 15.0 Å². The van der Waals surface area contributed by atoms with Gasteiger partial charge in [-0.2, -0.15) is 0 Å². The standard InChI is InChI=1S/C11H10ClN3O3S2/c1-6-8(4-3-5-13-6)9(16)15-11-14-7(2)10(19-11)20(12,17)18/h3-5H,1-2H3,(H,14,15,16). The van der Waals surface area contributed by atoms with E-state index in [1.807, 2.05) is 0 Å². The minimum Gasteiger partial charge on any atom is -0.298 e. The molecule has 9 heteroatoms. The van der Waals surface area contributed by atoms with Crippen molar-refractivity contribution >= 4 is 42.1 Å². The number of nitrogens with zero attached hydrogens (tertiary/aromatic N) is 2. The second-order valence-electron chi connectivity index (χ2n) is 3.92. The van der Waals surface area contributed by atoms with Crippen LogP contribution in [0, 0.1) is 13.8 Å². The van der Waals surface area contributed by atoms with E-state index in [2.05, 4.69) is 15.3 Å². The van der Waals surface area contributed by atoms with Gasteiger partial charge in [0.2, 0.25) is 0 Å². The molecule has 0 aliphatic rings. The lowest BCUT2D eigenvalue weighted by Gasteiger charge is -2.03. The Hall–Kier alpha value is -1.51. The van der Waals surface area contributed by atoms with Crippen molar-refractivity contribution in [2.45, 2.75) is 18.1 Å². The van der Waals surface area contributed by atoms with Gasteiger partial charge in [-0.15, -0.1) is 0 Å². The van der Waals surface area contributed by atoms with Crippen LogP contribution in [0.4, 0.5) is 5.13 Å². The van der Waals surface area contributed by atoms with Crippen molar-refractivity contribution in [3.05, 3.63) is 35.3 Å². The molecule has 2 aromatic heterocycles. The van der Waals surface area contributed by atoms with Gasteiger partial charge in [0, 0.05) is 22.6 Å². The van der Waals surface area contributed by atoms with E-state index in [1.165, 1.54) is 6.92 Å². The first-order valence-corrected chi connectivity index (χ1v) is 8.56. The second-order valence-corrected chi connectivity index (χ2v) is 7.68. The number of carbonyl (C=O) groups excluding carboxylic acids is 1. The molecule has 0 fully saturated rings. The van der Waals surface area contributed by atoms with Crippen LogP contribution < -0.4 is 5.32 Å². The highest BCUT2D eigenvalue weighted by Gasteiger charge is 2.20. The zero-order valence-corrected chi connectivity index (χ0v) is 12.9. The molecule has 0 aromatic carbocycles. The molecule has 2 rings (SSSR count).